The maximum absolute atomic E-state index is 12.3. The van der Waals surface area contributed by atoms with E-state index >= 15 is 0 Å². The van der Waals surface area contributed by atoms with Gasteiger partial charge in [0.1, 0.15) is 5.69 Å². The standard InChI is InChI=1S/C23H31N5O4S2/c24-21(30)19-20(33-22(25-19)28-9-1-2-10-28)17-4-3-16(26-34(31,32)14-13-29)15-18(17)27-11-7-23(5-6-23)8-12-27/h3-4,15,26,29H,1-2,5-14H2,(H2,24,30). The van der Waals surface area contributed by atoms with E-state index in [0.717, 1.165) is 73.1 Å². The summed E-state index contributed by atoms with van der Waals surface area (Å²) in [5.74, 6) is -0.929. The second-order valence-corrected chi connectivity index (χ2v) is 12.4. The number of carbonyl (C=O) groups excluding carboxylic acids is 1. The van der Waals surface area contributed by atoms with Gasteiger partial charge in [0.25, 0.3) is 5.91 Å². The highest BCUT2D eigenvalue weighted by Gasteiger charge is 2.44. The number of nitrogens with two attached hydrogens (primary N) is 1. The van der Waals surface area contributed by atoms with Crippen molar-refractivity contribution in [2.24, 2.45) is 11.1 Å². The molecule has 2 aliphatic heterocycles. The van der Waals surface area contributed by atoms with Crippen molar-refractivity contribution in [1.82, 2.24) is 4.98 Å². The molecule has 0 unspecified atom stereocenters. The SMILES string of the molecule is NC(=O)c1nc(N2CCCC2)sc1-c1ccc(NS(=O)(=O)CCO)cc1N1CCC2(CC1)CC2. The van der Waals surface area contributed by atoms with E-state index in [0.29, 0.717) is 11.1 Å². The topological polar surface area (TPSA) is 129 Å². The van der Waals surface area contributed by atoms with Gasteiger partial charge >= 0.3 is 0 Å². The molecule has 3 fully saturated rings. The number of carbonyl (C=O) groups is 1. The summed E-state index contributed by atoms with van der Waals surface area (Å²) in [6.07, 6.45) is 6.99. The number of primary amides is 1. The molecule has 184 valence electrons. The Morgan fingerprint density at radius 2 is 1.82 bits per heavy atom. The fourth-order valence-electron chi connectivity index (χ4n) is 5.00. The summed E-state index contributed by atoms with van der Waals surface area (Å²) in [5.41, 5.74) is 8.64. The monoisotopic (exact) mass is 505 g/mol. The predicted octanol–water partition coefficient (Wildman–Crippen LogP) is 2.62. The zero-order valence-corrected chi connectivity index (χ0v) is 20.8. The van der Waals surface area contributed by atoms with Crippen LogP contribution in [0.5, 0.6) is 0 Å². The molecule has 1 spiro atoms. The maximum atomic E-state index is 12.3. The minimum atomic E-state index is -3.66. The number of rotatable bonds is 8. The average Bonchev–Trinajstić information content (AvgIpc) is 3.19. The zero-order chi connectivity index (χ0) is 23.9. The van der Waals surface area contributed by atoms with Crippen LogP contribution in [0.25, 0.3) is 10.4 Å². The number of hydrogen-bond acceptors (Lipinski definition) is 8. The molecule has 3 heterocycles. The van der Waals surface area contributed by atoms with Crippen LogP contribution < -0.4 is 20.3 Å². The van der Waals surface area contributed by atoms with Gasteiger partial charge in [0.2, 0.25) is 10.0 Å². The third-order valence-corrected chi connectivity index (χ3v) is 9.64. The lowest BCUT2D eigenvalue weighted by molar-refractivity contribution is 0.0997. The molecule has 9 nitrogen and oxygen atoms in total. The van der Waals surface area contributed by atoms with Crippen molar-refractivity contribution in [3.63, 3.8) is 0 Å². The van der Waals surface area contributed by atoms with E-state index in [1.165, 1.54) is 24.2 Å². The van der Waals surface area contributed by atoms with E-state index in [1.807, 2.05) is 12.1 Å². The first-order valence-electron chi connectivity index (χ1n) is 11.9. The van der Waals surface area contributed by atoms with E-state index in [1.54, 1.807) is 6.07 Å². The Hall–Kier alpha value is -2.37. The molecule has 0 atom stereocenters. The molecule has 3 aliphatic rings. The van der Waals surface area contributed by atoms with E-state index in [-0.39, 0.29) is 11.4 Å². The highest BCUT2D eigenvalue weighted by molar-refractivity contribution is 7.92. The number of aliphatic hydroxyl groups is 1. The lowest BCUT2D eigenvalue weighted by atomic mass is 9.93. The Balaban J connectivity index is 1.55. The quantitative estimate of drug-likeness (QED) is 0.503. The number of nitrogens with one attached hydrogen (secondary N) is 1. The summed E-state index contributed by atoms with van der Waals surface area (Å²) >= 11 is 1.47. The highest BCUT2D eigenvalue weighted by Crippen LogP contribution is 2.54. The number of amides is 1. The van der Waals surface area contributed by atoms with E-state index in [2.05, 4.69) is 19.5 Å². The molecule has 1 saturated carbocycles. The van der Waals surface area contributed by atoms with Gasteiger partial charge in [-0.2, -0.15) is 0 Å². The molecule has 5 rings (SSSR count). The van der Waals surface area contributed by atoms with Gasteiger partial charge in [-0.3, -0.25) is 9.52 Å². The maximum Gasteiger partial charge on any atom is 0.268 e. The molecule has 0 bridgehead atoms. The number of aromatic nitrogens is 1. The van der Waals surface area contributed by atoms with Gasteiger partial charge in [-0.15, -0.1) is 0 Å². The first-order valence-corrected chi connectivity index (χ1v) is 14.3. The van der Waals surface area contributed by atoms with Crippen LogP contribution >= 0.6 is 11.3 Å². The Bertz CT molecular complexity index is 1180. The Morgan fingerprint density at radius 1 is 1.12 bits per heavy atom. The Morgan fingerprint density at radius 3 is 2.44 bits per heavy atom. The van der Waals surface area contributed by atoms with Gasteiger partial charge in [-0.05, 0) is 62.1 Å². The normalized spacial score (nSPS) is 19.6. The number of piperidine rings is 1. The van der Waals surface area contributed by atoms with Crippen LogP contribution in [0.1, 0.15) is 49.0 Å². The number of nitrogens with zero attached hydrogens (tertiary/aromatic N) is 3. The third-order valence-electron chi connectivity index (χ3n) is 7.22. The molecular weight excluding hydrogens is 474 g/mol. The molecule has 4 N–H and O–H groups in total. The fourth-order valence-corrected chi connectivity index (χ4v) is 6.99. The summed E-state index contributed by atoms with van der Waals surface area (Å²) in [6.45, 7) is 3.14. The minimum absolute atomic E-state index is 0.262. The molecule has 1 aliphatic carbocycles. The van der Waals surface area contributed by atoms with Crippen molar-refractivity contribution in [2.45, 2.75) is 38.5 Å². The van der Waals surface area contributed by atoms with Crippen molar-refractivity contribution in [3.8, 4) is 10.4 Å². The molecule has 0 radical (unpaired) electrons. The largest absolute Gasteiger partial charge is 0.395 e. The van der Waals surface area contributed by atoms with E-state index in [4.69, 9.17) is 10.8 Å². The first kappa shape index (κ1) is 23.4. The summed E-state index contributed by atoms with van der Waals surface area (Å²) in [4.78, 5) is 22.1. The number of anilines is 3. The minimum Gasteiger partial charge on any atom is -0.395 e. The molecule has 2 saturated heterocycles. The number of benzene rings is 1. The molecular formula is C23H31N5O4S2. The van der Waals surface area contributed by atoms with Crippen molar-refractivity contribution in [2.75, 3.05) is 53.1 Å². The summed E-state index contributed by atoms with van der Waals surface area (Å²) < 4.78 is 27.1. The lowest BCUT2D eigenvalue weighted by Gasteiger charge is -2.35. The molecule has 1 amide bonds. The molecule has 1 aromatic carbocycles. The van der Waals surface area contributed by atoms with Crippen LogP contribution in [0, 0.1) is 5.41 Å². The molecule has 11 heteroatoms. The first-order chi connectivity index (χ1) is 16.3. The van der Waals surface area contributed by atoms with Crippen LogP contribution in [0.3, 0.4) is 0 Å². The van der Waals surface area contributed by atoms with Crippen LogP contribution in [0.2, 0.25) is 0 Å². The fraction of sp³-hybridized carbons (Fsp3) is 0.565. The highest BCUT2D eigenvalue weighted by atomic mass is 32.2. The smallest absolute Gasteiger partial charge is 0.268 e. The summed E-state index contributed by atoms with van der Waals surface area (Å²) in [6, 6.07) is 5.37. The zero-order valence-electron chi connectivity index (χ0n) is 19.1. The van der Waals surface area contributed by atoms with Gasteiger partial charge in [-0.25, -0.2) is 13.4 Å². The van der Waals surface area contributed by atoms with Crippen molar-refractivity contribution in [1.29, 1.82) is 0 Å². The van der Waals surface area contributed by atoms with E-state index in [9.17, 15) is 13.2 Å². The molecule has 2 aromatic rings. The summed E-state index contributed by atoms with van der Waals surface area (Å²) in [5, 5.41) is 9.88. The predicted molar refractivity (Wildman–Crippen MR) is 135 cm³/mol. The van der Waals surface area contributed by atoms with Crippen molar-refractivity contribution in [3.05, 3.63) is 23.9 Å². The number of thiazole rings is 1. The Labute approximate surface area is 204 Å². The lowest BCUT2D eigenvalue weighted by Crippen LogP contribution is -2.34. The second kappa shape index (κ2) is 9.01. The second-order valence-electron chi connectivity index (χ2n) is 9.60. The van der Waals surface area contributed by atoms with Gasteiger partial charge in [-0.1, -0.05) is 11.3 Å². The number of sulfonamides is 1. The van der Waals surface area contributed by atoms with E-state index < -0.39 is 22.5 Å². The van der Waals surface area contributed by atoms with Gasteiger partial charge in [0.05, 0.1) is 22.9 Å². The Kier molecular flexibility index (Phi) is 6.19. The number of aliphatic hydroxyl groups excluding tert-OH is 1. The van der Waals surface area contributed by atoms with Gasteiger partial charge in [0.15, 0.2) is 5.13 Å². The van der Waals surface area contributed by atoms with Gasteiger partial charge in [0, 0.05) is 37.4 Å². The average molecular weight is 506 g/mol. The van der Waals surface area contributed by atoms with Gasteiger partial charge < -0.3 is 20.6 Å². The van der Waals surface area contributed by atoms with Crippen LogP contribution in [-0.4, -0.2) is 63.0 Å². The molecule has 34 heavy (non-hydrogen) atoms. The van der Waals surface area contributed by atoms with Crippen LogP contribution in [0.15, 0.2) is 18.2 Å². The number of hydrogen-bond donors (Lipinski definition) is 3. The van der Waals surface area contributed by atoms with Crippen molar-refractivity contribution < 1.29 is 18.3 Å². The van der Waals surface area contributed by atoms with Crippen LogP contribution in [-0.2, 0) is 10.0 Å². The third kappa shape index (κ3) is 4.73. The summed E-state index contributed by atoms with van der Waals surface area (Å²) in [7, 11) is -3.66. The van der Waals surface area contributed by atoms with Crippen molar-refractivity contribution >= 4 is 43.8 Å². The molecule has 1 aromatic heterocycles. The van der Waals surface area contributed by atoms with Crippen LogP contribution in [0.4, 0.5) is 16.5 Å².